The average Bonchev–Trinajstić information content (AvgIpc) is 2.34. The van der Waals surface area contributed by atoms with Crippen LogP contribution in [0.15, 0.2) is 56.7 Å². The molecule has 0 aliphatic carbocycles. The Labute approximate surface area is 118 Å². The van der Waals surface area contributed by atoms with Gasteiger partial charge in [0.2, 0.25) is 0 Å². The molecule has 1 nitrogen and oxygen atoms in total. The Balaban J connectivity index is 2.33. The van der Waals surface area contributed by atoms with E-state index in [1.165, 1.54) is 0 Å². The smallest absolute Gasteiger partial charge is 0.0693 e. The molecule has 0 aliphatic heterocycles. The first kappa shape index (κ1) is 13.0. The third kappa shape index (κ3) is 3.26. The molecule has 0 heterocycles. The molecule has 0 bridgehead atoms. The van der Waals surface area contributed by atoms with Crippen molar-refractivity contribution in [2.24, 2.45) is 0 Å². The van der Waals surface area contributed by atoms with Crippen molar-refractivity contribution in [3.8, 4) is 0 Å². The van der Waals surface area contributed by atoms with Crippen LogP contribution in [0.1, 0.15) is 5.56 Å². The lowest BCUT2D eigenvalue weighted by Gasteiger charge is -2.08. The zero-order valence-electron chi connectivity index (χ0n) is 8.86. The Morgan fingerprint density at radius 3 is 2.59 bits per heavy atom. The quantitative estimate of drug-likeness (QED) is 0.877. The molecule has 0 saturated heterocycles. The van der Waals surface area contributed by atoms with Gasteiger partial charge in [-0.05, 0) is 51.8 Å². The molecule has 1 N–H and O–H groups in total. The van der Waals surface area contributed by atoms with Gasteiger partial charge in [0.1, 0.15) is 0 Å². The molecule has 4 heteroatoms. The van der Waals surface area contributed by atoms with E-state index in [1.54, 1.807) is 17.8 Å². The summed E-state index contributed by atoms with van der Waals surface area (Å²) < 4.78 is 1.05. The minimum Gasteiger partial charge on any atom is -0.392 e. The van der Waals surface area contributed by atoms with Crippen molar-refractivity contribution in [2.75, 3.05) is 0 Å². The summed E-state index contributed by atoms with van der Waals surface area (Å²) in [5.74, 6) is 0. The van der Waals surface area contributed by atoms with E-state index in [4.69, 9.17) is 11.6 Å². The highest BCUT2D eigenvalue weighted by atomic mass is 79.9. The number of halogens is 2. The minimum atomic E-state index is -0.00660. The zero-order chi connectivity index (χ0) is 12.3. The van der Waals surface area contributed by atoms with Crippen LogP contribution in [0.5, 0.6) is 0 Å². The molecule has 0 fully saturated rings. The molecule has 2 aromatic carbocycles. The fourth-order valence-electron chi connectivity index (χ4n) is 1.42. The van der Waals surface area contributed by atoms with Gasteiger partial charge in [-0.2, -0.15) is 0 Å². The van der Waals surface area contributed by atoms with Crippen LogP contribution < -0.4 is 0 Å². The van der Waals surface area contributed by atoms with Crippen molar-refractivity contribution in [1.82, 2.24) is 0 Å². The third-order valence-corrected chi connectivity index (χ3v) is 4.63. The number of aliphatic hydroxyl groups excluding tert-OH is 1. The van der Waals surface area contributed by atoms with Crippen LogP contribution in [0.4, 0.5) is 0 Å². The molecule has 0 radical (unpaired) electrons. The maximum atomic E-state index is 9.31. The largest absolute Gasteiger partial charge is 0.392 e. The van der Waals surface area contributed by atoms with Crippen molar-refractivity contribution in [3.05, 3.63) is 57.5 Å². The van der Waals surface area contributed by atoms with Crippen molar-refractivity contribution in [1.29, 1.82) is 0 Å². The molecule has 0 saturated carbocycles. The fraction of sp³-hybridized carbons (Fsp3) is 0.0769. The van der Waals surface area contributed by atoms with Gasteiger partial charge in [-0.25, -0.2) is 0 Å². The van der Waals surface area contributed by atoms with E-state index in [0.717, 1.165) is 19.8 Å². The summed E-state index contributed by atoms with van der Waals surface area (Å²) in [5, 5.41) is 9.95. The lowest BCUT2D eigenvalue weighted by Crippen LogP contribution is -1.87. The Morgan fingerprint density at radius 1 is 1.12 bits per heavy atom. The van der Waals surface area contributed by atoms with E-state index in [-0.39, 0.29) is 6.61 Å². The number of benzene rings is 2. The van der Waals surface area contributed by atoms with Crippen LogP contribution in [-0.4, -0.2) is 5.11 Å². The van der Waals surface area contributed by atoms with Gasteiger partial charge >= 0.3 is 0 Å². The molecular formula is C13H10BrClOS. The standard InChI is InChI=1S/C13H10BrClOS/c14-11-3-1-2-4-13(11)17-12-6-5-10(15)7-9(12)8-16/h1-7,16H,8H2. The van der Waals surface area contributed by atoms with Crippen molar-refractivity contribution >= 4 is 39.3 Å². The monoisotopic (exact) mass is 328 g/mol. The summed E-state index contributed by atoms with van der Waals surface area (Å²) in [5.41, 5.74) is 0.846. The molecule has 2 rings (SSSR count). The molecule has 17 heavy (non-hydrogen) atoms. The average molecular weight is 330 g/mol. The number of hydrogen-bond acceptors (Lipinski definition) is 2. The highest BCUT2D eigenvalue weighted by Gasteiger charge is 2.06. The van der Waals surface area contributed by atoms with E-state index in [2.05, 4.69) is 15.9 Å². The van der Waals surface area contributed by atoms with E-state index >= 15 is 0 Å². The van der Waals surface area contributed by atoms with E-state index in [1.807, 2.05) is 36.4 Å². The molecule has 0 aliphatic rings. The first-order valence-corrected chi connectivity index (χ1v) is 7.01. The molecule has 0 unspecified atom stereocenters. The second-order valence-corrected chi connectivity index (χ2v) is 5.82. The summed E-state index contributed by atoms with van der Waals surface area (Å²) in [6.07, 6.45) is 0. The summed E-state index contributed by atoms with van der Waals surface area (Å²) in [7, 11) is 0. The third-order valence-electron chi connectivity index (χ3n) is 2.25. The van der Waals surface area contributed by atoms with Gasteiger partial charge in [0.15, 0.2) is 0 Å². The normalized spacial score (nSPS) is 10.5. The molecule has 88 valence electrons. The minimum absolute atomic E-state index is 0.00660. The summed E-state index contributed by atoms with van der Waals surface area (Å²) in [6.45, 7) is -0.00660. The van der Waals surface area contributed by atoms with Gasteiger partial charge in [-0.15, -0.1) is 0 Å². The van der Waals surface area contributed by atoms with Gasteiger partial charge in [0.05, 0.1) is 6.61 Å². The van der Waals surface area contributed by atoms with E-state index in [0.29, 0.717) is 5.02 Å². The van der Waals surface area contributed by atoms with Crippen LogP contribution in [0, 0.1) is 0 Å². The Bertz CT molecular complexity index is 531. The van der Waals surface area contributed by atoms with Gasteiger partial charge < -0.3 is 5.11 Å². The van der Waals surface area contributed by atoms with Gasteiger partial charge in [0, 0.05) is 19.3 Å². The Kier molecular flexibility index (Phi) is 4.51. The maximum Gasteiger partial charge on any atom is 0.0693 e. The van der Waals surface area contributed by atoms with Gasteiger partial charge in [-0.3, -0.25) is 0 Å². The van der Waals surface area contributed by atoms with Crippen LogP contribution in [0.3, 0.4) is 0 Å². The molecule has 2 aromatic rings. The predicted molar refractivity (Wildman–Crippen MR) is 75.6 cm³/mol. The Morgan fingerprint density at radius 2 is 1.88 bits per heavy atom. The molecular weight excluding hydrogens is 320 g/mol. The van der Waals surface area contributed by atoms with Crippen molar-refractivity contribution < 1.29 is 5.11 Å². The highest BCUT2D eigenvalue weighted by Crippen LogP contribution is 2.35. The zero-order valence-corrected chi connectivity index (χ0v) is 12.0. The van der Waals surface area contributed by atoms with Gasteiger partial charge in [0.25, 0.3) is 0 Å². The summed E-state index contributed by atoms with van der Waals surface area (Å²) in [6, 6.07) is 13.5. The lowest BCUT2D eigenvalue weighted by molar-refractivity contribution is 0.279. The first-order chi connectivity index (χ1) is 8.20. The number of aliphatic hydroxyl groups is 1. The van der Waals surface area contributed by atoms with Gasteiger partial charge in [-0.1, -0.05) is 35.5 Å². The van der Waals surface area contributed by atoms with E-state index < -0.39 is 0 Å². The van der Waals surface area contributed by atoms with Crippen LogP contribution in [0.25, 0.3) is 0 Å². The fourth-order valence-corrected chi connectivity index (χ4v) is 3.08. The van der Waals surface area contributed by atoms with Crippen molar-refractivity contribution in [2.45, 2.75) is 16.4 Å². The molecule has 0 aromatic heterocycles. The van der Waals surface area contributed by atoms with E-state index in [9.17, 15) is 5.11 Å². The van der Waals surface area contributed by atoms with Crippen LogP contribution >= 0.6 is 39.3 Å². The van der Waals surface area contributed by atoms with Crippen molar-refractivity contribution in [3.63, 3.8) is 0 Å². The molecule has 0 spiro atoms. The molecule has 0 amide bonds. The second-order valence-electron chi connectivity index (χ2n) is 3.44. The number of hydrogen-bond donors (Lipinski definition) is 1. The highest BCUT2D eigenvalue weighted by molar-refractivity contribution is 9.10. The second kappa shape index (κ2) is 5.91. The molecule has 0 atom stereocenters. The summed E-state index contributed by atoms with van der Waals surface area (Å²) >= 11 is 11.0. The van der Waals surface area contributed by atoms with Crippen LogP contribution in [0.2, 0.25) is 5.02 Å². The predicted octanol–water partition coefficient (Wildman–Crippen LogP) is 4.75. The van der Waals surface area contributed by atoms with Crippen LogP contribution in [-0.2, 0) is 6.61 Å². The maximum absolute atomic E-state index is 9.31. The Hall–Kier alpha value is -0.480. The topological polar surface area (TPSA) is 20.2 Å². The SMILES string of the molecule is OCc1cc(Cl)ccc1Sc1ccccc1Br. The number of rotatable bonds is 3. The lowest BCUT2D eigenvalue weighted by atomic mass is 10.2. The summed E-state index contributed by atoms with van der Waals surface area (Å²) in [4.78, 5) is 2.13. The first-order valence-electron chi connectivity index (χ1n) is 5.02.